The van der Waals surface area contributed by atoms with Crippen molar-refractivity contribution in [1.29, 1.82) is 0 Å². The first-order valence-corrected chi connectivity index (χ1v) is 5.48. The number of para-hydroxylation sites is 1. The van der Waals surface area contributed by atoms with E-state index in [1.54, 1.807) is 29.2 Å². The Morgan fingerprint density at radius 1 is 1.22 bits per heavy atom. The van der Waals surface area contributed by atoms with Crippen molar-refractivity contribution < 1.29 is 4.79 Å². The fourth-order valence-corrected chi connectivity index (χ4v) is 1.67. The molecule has 0 unspecified atom stereocenters. The van der Waals surface area contributed by atoms with Crippen molar-refractivity contribution in [3.8, 4) is 0 Å². The van der Waals surface area contributed by atoms with Crippen molar-refractivity contribution in [2.24, 2.45) is 0 Å². The highest BCUT2D eigenvalue weighted by atomic mass is 16.1. The molecule has 5 heteroatoms. The van der Waals surface area contributed by atoms with Crippen LogP contribution in [0.2, 0.25) is 0 Å². The zero-order valence-electron chi connectivity index (χ0n) is 9.45. The van der Waals surface area contributed by atoms with E-state index < -0.39 is 0 Å². The Morgan fingerprint density at radius 3 is 2.83 bits per heavy atom. The van der Waals surface area contributed by atoms with Crippen LogP contribution in [0.1, 0.15) is 10.5 Å². The van der Waals surface area contributed by atoms with Crippen LogP contribution in [0.4, 0.5) is 5.69 Å². The standard InChI is InChI=1S/C13H10N4O/c18-13(15-10-4-2-1-3-5-10)11-9-17-7-6-14-8-12(17)16-11/h1-9H,(H,15,18). The van der Waals surface area contributed by atoms with Gasteiger partial charge in [0.1, 0.15) is 5.69 Å². The summed E-state index contributed by atoms with van der Waals surface area (Å²) in [5, 5.41) is 2.78. The average molecular weight is 238 g/mol. The first kappa shape index (κ1) is 10.5. The zero-order valence-corrected chi connectivity index (χ0v) is 9.45. The highest BCUT2D eigenvalue weighted by Crippen LogP contribution is 2.09. The van der Waals surface area contributed by atoms with E-state index in [0.717, 1.165) is 5.69 Å². The van der Waals surface area contributed by atoms with Crippen molar-refractivity contribution in [2.75, 3.05) is 5.32 Å². The minimum atomic E-state index is -0.232. The number of hydrogen-bond donors (Lipinski definition) is 1. The zero-order chi connectivity index (χ0) is 12.4. The molecular weight excluding hydrogens is 228 g/mol. The number of benzene rings is 1. The van der Waals surface area contributed by atoms with Crippen LogP contribution in [0.15, 0.2) is 55.1 Å². The number of rotatable bonds is 2. The van der Waals surface area contributed by atoms with Crippen molar-refractivity contribution in [1.82, 2.24) is 14.4 Å². The maximum atomic E-state index is 12.0. The van der Waals surface area contributed by atoms with Gasteiger partial charge in [-0.1, -0.05) is 18.2 Å². The Kier molecular flexibility index (Phi) is 2.49. The molecule has 0 saturated carbocycles. The molecule has 0 radical (unpaired) electrons. The molecule has 3 rings (SSSR count). The van der Waals surface area contributed by atoms with Crippen molar-refractivity contribution >= 4 is 17.2 Å². The molecule has 88 valence electrons. The van der Waals surface area contributed by atoms with Crippen LogP contribution >= 0.6 is 0 Å². The summed E-state index contributed by atoms with van der Waals surface area (Å²) in [6, 6.07) is 9.28. The molecule has 0 saturated heterocycles. The number of fused-ring (bicyclic) bond motifs is 1. The molecule has 3 aromatic rings. The minimum Gasteiger partial charge on any atom is -0.321 e. The Hall–Kier alpha value is -2.69. The number of hydrogen-bond acceptors (Lipinski definition) is 3. The first-order chi connectivity index (χ1) is 8.83. The molecule has 0 aliphatic heterocycles. The Morgan fingerprint density at radius 2 is 2.06 bits per heavy atom. The largest absolute Gasteiger partial charge is 0.321 e. The molecule has 0 aliphatic carbocycles. The van der Waals surface area contributed by atoms with Crippen LogP contribution < -0.4 is 5.32 Å². The number of amides is 1. The van der Waals surface area contributed by atoms with Gasteiger partial charge in [-0.25, -0.2) is 4.98 Å². The van der Waals surface area contributed by atoms with E-state index in [0.29, 0.717) is 11.3 Å². The third-order valence-electron chi connectivity index (χ3n) is 2.53. The number of aromatic nitrogens is 3. The topological polar surface area (TPSA) is 59.3 Å². The molecule has 1 amide bonds. The quantitative estimate of drug-likeness (QED) is 0.742. The molecule has 18 heavy (non-hydrogen) atoms. The Balaban J connectivity index is 1.88. The summed E-state index contributed by atoms with van der Waals surface area (Å²) in [6.45, 7) is 0. The number of carbonyl (C=O) groups excluding carboxylic acids is 1. The fourth-order valence-electron chi connectivity index (χ4n) is 1.67. The maximum Gasteiger partial charge on any atom is 0.275 e. The monoisotopic (exact) mass is 238 g/mol. The average Bonchev–Trinajstić information content (AvgIpc) is 2.84. The summed E-state index contributed by atoms with van der Waals surface area (Å²) in [6.07, 6.45) is 6.68. The van der Waals surface area contributed by atoms with Gasteiger partial charge < -0.3 is 9.72 Å². The van der Waals surface area contributed by atoms with E-state index in [2.05, 4.69) is 15.3 Å². The van der Waals surface area contributed by atoms with E-state index in [1.165, 1.54) is 0 Å². The lowest BCUT2D eigenvalue weighted by Crippen LogP contribution is -2.11. The minimum absolute atomic E-state index is 0.232. The van der Waals surface area contributed by atoms with E-state index in [9.17, 15) is 4.79 Å². The number of nitrogens with zero attached hydrogens (tertiary/aromatic N) is 3. The van der Waals surface area contributed by atoms with Gasteiger partial charge in [-0.3, -0.25) is 9.78 Å². The summed E-state index contributed by atoms with van der Waals surface area (Å²) >= 11 is 0. The van der Waals surface area contributed by atoms with E-state index >= 15 is 0 Å². The molecule has 2 aromatic heterocycles. The number of carbonyl (C=O) groups is 1. The molecule has 0 aliphatic rings. The molecule has 0 bridgehead atoms. The number of imidazole rings is 1. The van der Waals surface area contributed by atoms with Gasteiger partial charge in [0.05, 0.1) is 6.20 Å². The number of nitrogens with one attached hydrogen (secondary N) is 1. The van der Waals surface area contributed by atoms with Crippen molar-refractivity contribution in [3.05, 3.63) is 60.8 Å². The Bertz CT molecular complexity index is 657. The summed E-state index contributed by atoms with van der Waals surface area (Å²) in [5.41, 5.74) is 1.76. The molecule has 1 N–H and O–H groups in total. The van der Waals surface area contributed by atoms with Crippen LogP contribution in [0.5, 0.6) is 0 Å². The maximum absolute atomic E-state index is 12.0. The van der Waals surface area contributed by atoms with E-state index in [-0.39, 0.29) is 5.91 Å². The molecule has 1 aromatic carbocycles. The summed E-state index contributed by atoms with van der Waals surface area (Å²) in [4.78, 5) is 20.1. The SMILES string of the molecule is O=C(Nc1ccccc1)c1cn2ccncc2n1. The summed E-state index contributed by atoms with van der Waals surface area (Å²) in [7, 11) is 0. The predicted octanol–water partition coefficient (Wildman–Crippen LogP) is 1.98. The van der Waals surface area contributed by atoms with Gasteiger partial charge in [0, 0.05) is 24.3 Å². The smallest absolute Gasteiger partial charge is 0.275 e. The van der Waals surface area contributed by atoms with Gasteiger partial charge in [-0.05, 0) is 12.1 Å². The third kappa shape index (κ3) is 1.93. The lowest BCUT2D eigenvalue weighted by molar-refractivity contribution is 0.102. The molecule has 2 heterocycles. The van der Waals surface area contributed by atoms with E-state index in [1.807, 2.05) is 30.3 Å². The van der Waals surface area contributed by atoms with Crippen LogP contribution in [-0.4, -0.2) is 20.3 Å². The predicted molar refractivity (Wildman–Crippen MR) is 67.4 cm³/mol. The highest BCUT2D eigenvalue weighted by Gasteiger charge is 2.10. The number of anilines is 1. The van der Waals surface area contributed by atoms with Crippen LogP contribution in [0.25, 0.3) is 5.65 Å². The molecule has 0 spiro atoms. The van der Waals surface area contributed by atoms with Gasteiger partial charge in [-0.2, -0.15) is 0 Å². The normalized spacial score (nSPS) is 10.4. The van der Waals surface area contributed by atoms with Crippen molar-refractivity contribution in [3.63, 3.8) is 0 Å². The Labute approximate surface area is 103 Å². The molecule has 5 nitrogen and oxygen atoms in total. The second-order valence-corrected chi connectivity index (χ2v) is 3.79. The van der Waals surface area contributed by atoms with Gasteiger partial charge in [0.15, 0.2) is 5.65 Å². The second-order valence-electron chi connectivity index (χ2n) is 3.79. The second kappa shape index (κ2) is 4.29. The molecule has 0 atom stereocenters. The van der Waals surface area contributed by atoms with Gasteiger partial charge in [0.25, 0.3) is 5.91 Å². The van der Waals surface area contributed by atoms with Crippen molar-refractivity contribution in [2.45, 2.75) is 0 Å². The van der Waals surface area contributed by atoms with Crippen LogP contribution in [0.3, 0.4) is 0 Å². The summed E-state index contributed by atoms with van der Waals surface area (Å²) < 4.78 is 1.76. The highest BCUT2D eigenvalue weighted by molar-refractivity contribution is 6.03. The summed E-state index contributed by atoms with van der Waals surface area (Å²) in [5.74, 6) is -0.232. The van der Waals surface area contributed by atoms with Crippen LogP contribution in [-0.2, 0) is 0 Å². The van der Waals surface area contributed by atoms with Gasteiger partial charge >= 0.3 is 0 Å². The van der Waals surface area contributed by atoms with Gasteiger partial charge in [-0.15, -0.1) is 0 Å². The molecule has 0 fully saturated rings. The third-order valence-corrected chi connectivity index (χ3v) is 2.53. The van der Waals surface area contributed by atoms with Crippen LogP contribution in [0, 0.1) is 0 Å². The first-order valence-electron chi connectivity index (χ1n) is 5.48. The molecular formula is C13H10N4O. The lowest BCUT2D eigenvalue weighted by atomic mass is 10.3. The lowest BCUT2D eigenvalue weighted by Gasteiger charge is -2.01. The van der Waals surface area contributed by atoms with Gasteiger partial charge in [0.2, 0.25) is 0 Å². The van der Waals surface area contributed by atoms with E-state index in [4.69, 9.17) is 0 Å². The fraction of sp³-hybridized carbons (Fsp3) is 0.